The lowest BCUT2D eigenvalue weighted by Gasteiger charge is -2.07. The Balaban J connectivity index is 2.14. The topological polar surface area (TPSA) is 79.0 Å². The molecule has 0 saturated carbocycles. The molecule has 0 aliphatic carbocycles. The summed E-state index contributed by atoms with van der Waals surface area (Å²) in [6, 6.07) is 13.9. The van der Waals surface area contributed by atoms with Crippen molar-refractivity contribution in [1.29, 1.82) is 5.26 Å². The summed E-state index contributed by atoms with van der Waals surface area (Å²) in [7, 11) is 0. The van der Waals surface area contributed by atoms with Crippen molar-refractivity contribution in [3.8, 4) is 6.07 Å². The van der Waals surface area contributed by atoms with Gasteiger partial charge in [-0.25, -0.2) is 0 Å². The van der Waals surface area contributed by atoms with Crippen LogP contribution in [0.25, 0.3) is 0 Å². The van der Waals surface area contributed by atoms with Gasteiger partial charge in [0.2, 0.25) is 0 Å². The minimum atomic E-state index is -0.426. The summed E-state index contributed by atoms with van der Waals surface area (Å²) >= 11 is 3.26. The first-order valence-corrected chi connectivity index (χ1v) is 6.55. The van der Waals surface area contributed by atoms with Gasteiger partial charge in [0.15, 0.2) is 0 Å². The van der Waals surface area contributed by atoms with Crippen LogP contribution >= 0.6 is 15.9 Å². The van der Waals surface area contributed by atoms with Crippen molar-refractivity contribution in [1.82, 2.24) is 0 Å². The molecule has 5 nitrogen and oxygen atoms in total. The van der Waals surface area contributed by atoms with Crippen LogP contribution < -0.4 is 5.32 Å². The summed E-state index contributed by atoms with van der Waals surface area (Å²) in [6.07, 6.45) is 0. The van der Waals surface area contributed by atoms with Crippen LogP contribution in [0.5, 0.6) is 0 Å². The molecule has 0 atom stereocenters. The number of hydrogen-bond acceptors (Lipinski definition) is 4. The first kappa shape index (κ1) is 14.0. The van der Waals surface area contributed by atoms with Gasteiger partial charge in [-0.1, -0.05) is 22.0 Å². The molecule has 100 valence electrons. The number of nitro groups is 1. The molecule has 0 aromatic heterocycles. The van der Waals surface area contributed by atoms with E-state index in [0.717, 1.165) is 11.3 Å². The summed E-state index contributed by atoms with van der Waals surface area (Å²) in [6.45, 7) is 0.440. The average Bonchev–Trinajstić information content (AvgIpc) is 2.44. The number of benzene rings is 2. The van der Waals surface area contributed by atoms with Crippen LogP contribution in [0, 0.1) is 21.4 Å². The lowest BCUT2D eigenvalue weighted by atomic mass is 10.2. The lowest BCUT2D eigenvalue weighted by molar-refractivity contribution is -0.385. The third-order valence-corrected chi connectivity index (χ3v) is 3.10. The van der Waals surface area contributed by atoms with Crippen LogP contribution in [-0.2, 0) is 6.54 Å². The lowest BCUT2D eigenvalue weighted by Crippen LogP contribution is -2.00. The smallest absolute Gasteiger partial charge is 0.270 e. The Bertz CT molecular complexity index is 695. The zero-order chi connectivity index (χ0) is 14.5. The highest BCUT2D eigenvalue weighted by molar-refractivity contribution is 9.10. The molecular weight excluding hydrogens is 322 g/mol. The molecule has 0 unspecified atom stereocenters. The van der Waals surface area contributed by atoms with E-state index in [2.05, 4.69) is 27.3 Å². The van der Waals surface area contributed by atoms with Gasteiger partial charge in [0.05, 0.1) is 16.6 Å². The average molecular weight is 332 g/mol. The predicted molar refractivity (Wildman–Crippen MR) is 79.3 cm³/mol. The monoisotopic (exact) mass is 331 g/mol. The first-order valence-electron chi connectivity index (χ1n) is 5.76. The molecule has 1 N–H and O–H groups in total. The molecule has 0 fully saturated rings. The Morgan fingerprint density at radius 3 is 2.80 bits per heavy atom. The quantitative estimate of drug-likeness (QED) is 0.681. The second kappa shape index (κ2) is 6.17. The Hall–Kier alpha value is -2.39. The number of nitrogens with one attached hydrogen (secondary N) is 1. The summed E-state index contributed by atoms with van der Waals surface area (Å²) in [5.74, 6) is 0. The fourth-order valence-electron chi connectivity index (χ4n) is 1.74. The van der Waals surface area contributed by atoms with Crippen LogP contribution in [0.1, 0.15) is 11.1 Å². The highest BCUT2D eigenvalue weighted by Gasteiger charge is 2.08. The van der Waals surface area contributed by atoms with Gasteiger partial charge in [-0.3, -0.25) is 10.1 Å². The van der Waals surface area contributed by atoms with Gasteiger partial charge in [0.25, 0.3) is 5.69 Å². The van der Waals surface area contributed by atoms with Gasteiger partial charge in [-0.15, -0.1) is 0 Å². The van der Waals surface area contributed by atoms with Crippen molar-refractivity contribution in [2.45, 2.75) is 6.54 Å². The van der Waals surface area contributed by atoms with E-state index >= 15 is 0 Å². The minimum Gasteiger partial charge on any atom is -0.381 e. The molecule has 2 aromatic carbocycles. The highest BCUT2D eigenvalue weighted by Crippen LogP contribution is 2.22. The van der Waals surface area contributed by atoms with Gasteiger partial charge in [0.1, 0.15) is 0 Å². The Labute approximate surface area is 124 Å². The number of anilines is 1. The molecule has 2 rings (SSSR count). The third kappa shape index (κ3) is 3.56. The number of nitro benzene ring substituents is 1. The van der Waals surface area contributed by atoms with Crippen molar-refractivity contribution in [2.24, 2.45) is 0 Å². The third-order valence-electron chi connectivity index (χ3n) is 2.64. The molecule has 0 radical (unpaired) electrons. The molecule has 6 heteroatoms. The molecule has 0 saturated heterocycles. The zero-order valence-corrected chi connectivity index (χ0v) is 11.9. The van der Waals surface area contributed by atoms with Crippen molar-refractivity contribution in [3.05, 3.63) is 68.2 Å². The van der Waals surface area contributed by atoms with Gasteiger partial charge in [-0.2, -0.15) is 5.26 Å². The maximum absolute atomic E-state index is 10.8. The molecule has 0 bridgehead atoms. The van der Waals surface area contributed by atoms with Gasteiger partial charge in [-0.05, 0) is 29.8 Å². The Morgan fingerprint density at radius 2 is 2.10 bits per heavy atom. The SMILES string of the molecule is N#Cc1cccc(NCc2cc(Br)cc([N+](=O)[O-])c2)c1. The van der Waals surface area contributed by atoms with E-state index in [9.17, 15) is 10.1 Å². The Morgan fingerprint density at radius 1 is 1.30 bits per heavy atom. The highest BCUT2D eigenvalue weighted by atomic mass is 79.9. The summed E-state index contributed by atoms with van der Waals surface area (Å²) in [4.78, 5) is 10.4. The van der Waals surface area contributed by atoms with E-state index in [-0.39, 0.29) is 5.69 Å². The van der Waals surface area contributed by atoms with Gasteiger partial charge >= 0.3 is 0 Å². The van der Waals surface area contributed by atoms with Crippen LogP contribution in [0.15, 0.2) is 46.9 Å². The van der Waals surface area contributed by atoms with Gasteiger partial charge in [0, 0.05) is 28.8 Å². The largest absolute Gasteiger partial charge is 0.381 e. The number of nitriles is 1. The maximum Gasteiger partial charge on any atom is 0.270 e. The minimum absolute atomic E-state index is 0.0435. The normalized spacial score (nSPS) is 9.80. The van der Waals surface area contributed by atoms with Crippen LogP contribution in [0.4, 0.5) is 11.4 Å². The molecule has 0 aliphatic rings. The summed E-state index contributed by atoms with van der Waals surface area (Å²) in [5, 5.41) is 22.7. The van der Waals surface area contributed by atoms with Crippen LogP contribution in [0.2, 0.25) is 0 Å². The van der Waals surface area contributed by atoms with E-state index < -0.39 is 4.92 Å². The number of rotatable bonds is 4. The van der Waals surface area contributed by atoms with E-state index in [4.69, 9.17) is 5.26 Å². The van der Waals surface area contributed by atoms with Crippen molar-refractivity contribution >= 4 is 27.3 Å². The molecule has 0 amide bonds. The standard InChI is InChI=1S/C14H10BrN3O2/c15-12-4-11(6-14(7-12)18(19)20)9-17-13-3-1-2-10(5-13)8-16/h1-7,17H,9H2. The van der Waals surface area contributed by atoms with Crippen LogP contribution in [-0.4, -0.2) is 4.92 Å². The maximum atomic E-state index is 10.8. The number of nitrogens with zero attached hydrogens (tertiary/aromatic N) is 2. The fourth-order valence-corrected chi connectivity index (χ4v) is 2.27. The molecular formula is C14H10BrN3O2. The van der Waals surface area contributed by atoms with Crippen LogP contribution in [0.3, 0.4) is 0 Å². The molecule has 2 aromatic rings. The van der Waals surface area contributed by atoms with Crippen molar-refractivity contribution in [3.63, 3.8) is 0 Å². The van der Waals surface area contributed by atoms with E-state index in [1.807, 2.05) is 12.1 Å². The number of hydrogen-bond donors (Lipinski definition) is 1. The zero-order valence-electron chi connectivity index (χ0n) is 10.3. The second-order valence-corrected chi connectivity index (χ2v) is 5.04. The van der Waals surface area contributed by atoms with Crippen molar-refractivity contribution in [2.75, 3.05) is 5.32 Å². The molecule has 20 heavy (non-hydrogen) atoms. The summed E-state index contributed by atoms with van der Waals surface area (Å²) < 4.78 is 0.661. The molecule has 0 spiro atoms. The first-order chi connectivity index (χ1) is 9.58. The van der Waals surface area contributed by atoms with Crippen molar-refractivity contribution < 1.29 is 4.92 Å². The van der Waals surface area contributed by atoms with Gasteiger partial charge < -0.3 is 5.32 Å². The Kier molecular flexibility index (Phi) is 4.33. The second-order valence-electron chi connectivity index (χ2n) is 4.12. The predicted octanol–water partition coefficient (Wildman–Crippen LogP) is 3.84. The number of non-ortho nitro benzene ring substituents is 1. The summed E-state index contributed by atoms with van der Waals surface area (Å²) in [5.41, 5.74) is 2.19. The number of halogens is 1. The van der Waals surface area contributed by atoms with E-state index in [1.165, 1.54) is 12.1 Å². The molecule has 0 heterocycles. The molecule has 0 aliphatic heterocycles. The van der Waals surface area contributed by atoms with E-state index in [0.29, 0.717) is 16.6 Å². The fraction of sp³-hybridized carbons (Fsp3) is 0.0714. The van der Waals surface area contributed by atoms with E-state index in [1.54, 1.807) is 18.2 Å².